The van der Waals surface area contributed by atoms with E-state index in [9.17, 15) is 4.79 Å². The first-order valence-corrected chi connectivity index (χ1v) is 8.73. The lowest BCUT2D eigenvalue weighted by atomic mass is 9.95. The number of tetrazole rings is 1. The van der Waals surface area contributed by atoms with Crippen LogP contribution in [0.1, 0.15) is 37.9 Å². The molecule has 23 heavy (non-hydrogen) atoms. The van der Waals surface area contributed by atoms with Crippen LogP contribution >= 0.6 is 11.8 Å². The fourth-order valence-electron chi connectivity index (χ4n) is 2.28. The molecular weight excluding hydrogens is 310 g/mol. The molecule has 2 rings (SSSR count). The van der Waals surface area contributed by atoms with Gasteiger partial charge in [-0.05, 0) is 33.9 Å². The van der Waals surface area contributed by atoms with Crippen LogP contribution in [0.15, 0.2) is 29.4 Å². The molecule has 1 N–H and O–H groups in total. The van der Waals surface area contributed by atoms with E-state index in [1.165, 1.54) is 17.3 Å². The van der Waals surface area contributed by atoms with E-state index >= 15 is 0 Å². The predicted molar refractivity (Wildman–Crippen MR) is 91.1 cm³/mol. The monoisotopic (exact) mass is 333 g/mol. The zero-order valence-electron chi connectivity index (χ0n) is 14.0. The Morgan fingerprint density at radius 2 is 2.00 bits per heavy atom. The number of hydrogen-bond donors (Lipinski definition) is 1. The second kappa shape index (κ2) is 8.10. The molecular formula is C16H23N5OS. The zero-order valence-corrected chi connectivity index (χ0v) is 14.8. The topological polar surface area (TPSA) is 72.7 Å². The highest BCUT2D eigenvalue weighted by atomic mass is 32.2. The van der Waals surface area contributed by atoms with Gasteiger partial charge in [0.2, 0.25) is 11.1 Å². The van der Waals surface area contributed by atoms with Gasteiger partial charge in [0.05, 0.1) is 11.8 Å². The Labute approximate surface area is 141 Å². The molecule has 0 unspecified atom stereocenters. The van der Waals surface area contributed by atoms with E-state index in [1.807, 2.05) is 0 Å². The number of aromatic nitrogens is 4. The van der Waals surface area contributed by atoms with Crippen LogP contribution in [-0.2, 0) is 18.3 Å². The molecule has 0 fully saturated rings. The molecule has 0 saturated carbocycles. The van der Waals surface area contributed by atoms with Crippen molar-refractivity contribution < 1.29 is 4.79 Å². The number of nitrogens with zero attached hydrogens (tertiary/aromatic N) is 4. The molecule has 1 aromatic heterocycles. The molecule has 1 amide bonds. The van der Waals surface area contributed by atoms with Crippen LogP contribution in [0.5, 0.6) is 0 Å². The second-order valence-corrected chi connectivity index (χ2v) is 6.70. The molecule has 0 aliphatic carbocycles. The molecule has 1 heterocycles. The van der Waals surface area contributed by atoms with Gasteiger partial charge in [-0.3, -0.25) is 4.79 Å². The third-order valence-electron chi connectivity index (χ3n) is 3.64. The van der Waals surface area contributed by atoms with Crippen molar-refractivity contribution >= 4 is 17.7 Å². The quantitative estimate of drug-likeness (QED) is 0.788. The first-order valence-electron chi connectivity index (χ1n) is 7.74. The van der Waals surface area contributed by atoms with Gasteiger partial charge in [-0.25, -0.2) is 4.68 Å². The summed E-state index contributed by atoms with van der Waals surface area (Å²) < 4.78 is 1.56. The summed E-state index contributed by atoms with van der Waals surface area (Å²) in [6.07, 6.45) is 1.02. The molecule has 124 valence electrons. The highest BCUT2D eigenvalue weighted by Gasteiger charge is 2.19. The van der Waals surface area contributed by atoms with Crippen LogP contribution in [-0.4, -0.2) is 31.9 Å². The zero-order chi connectivity index (χ0) is 16.8. The molecule has 7 heteroatoms. The Morgan fingerprint density at radius 3 is 2.52 bits per heavy atom. The van der Waals surface area contributed by atoms with Crippen LogP contribution in [0.2, 0.25) is 0 Å². The second-order valence-electron chi connectivity index (χ2n) is 5.76. The van der Waals surface area contributed by atoms with Crippen LogP contribution in [0.3, 0.4) is 0 Å². The number of hydrogen-bond acceptors (Lipinski definition) is 5. The molecule has 0 radical (unpaired) electrons. The average molecular weight is 333 g/mol. The Hall–Kier alpha value is -1.89. The van der Waals surface area contributed by atoms with Crippen molar-refractivity contribution in [1.29, 1.82) is 0 Å². The smallest absolute Gasteiger partial charge is 0.230 e. The van der Waals surface area contributed by atoms with Gasteiger partial charge < -0.3 is 5.32 Å². The van der Waals surface area contributed by atoms with Crippen molar-refractivity contribution in [3.05, 3.63) is 35.4 Å². The maximum atomic E-state index is 12.3. The van der Waals surface area contributed by atoms with Crippen LogP contribution < -0.4 is 5.32 Å². The highest BCUT2D eigenvalue weighted by Crippen LogP contribution is 2.23. The fourth-order valence-corrected chi connectivity index (χ4v) is 2.95. The molecule has 2 aromatic rings. The lowest BCUT2D eigenvalue weighted by Crippen LogP contribution is -2.33. The van der Waals surface area contributed by atoms with Crippen molar-refractivity contribution in [3.63, 3.8) is 0 Å². The molecule has 1 atom stereocenters. The van der Waals surface area contributed by atoms with E-state index < -0.39 is 0 Å². The third kappa shape index (κ3) is 4.79. The Morgan fingerprint density at radius 1 is 1.30 bits per heavy atom. The van der Waals surface area contributed by atoms with Crippen LogP contribution in [0.25, 0.3) is 0 Å². The number of carbonyl (C=O) groups excluding carboxylic acids is 1. The van der Waals surface area contributed by atoms with Crippen LogP contribution in [0, 0.1) is 5.92 Å². The van der Waals surface area contributed by atoms with E-state index in [1.54, 1.807) is 11.7 Å². The standard InChI is InChI=1S/C16H23N5OS/c1-5-12-6-8-13(9-7-12)15(11(2)3)17-14(22)10-23-16-18-19-20-21(16)4/h6-9,11,15H,5,10H2,1-4H3,(H,17,22)/t15-/m1/s1. The number of benzene rings is 1. The van der Waals surface area contributed by atoms with Gasteiger partial charge in [0.1, 0.15) is 0 Å². The number of carbonyl (C=O) groups is 1. The fraction of sp³-hybridized carbons (Fsp3) is 0.500. The number of amides is 1. The van der Waals surface area contributed by atoms with Crippen LogP contribution in [0.4, 0.5) is 0 Å². The number of nitrogens with one attached hydrogen (secondary N) is 1. The number of rotatable bonds is 7. The summed E-state index contributed by atoms with van der Waals surface area (Å²) in [4.78, 5) is 12.3. The van der Waals surface area contributed by atoms with E-state index in [0.717, 1.165) is 12.0 Å². The van der Waals surface area contributed by atoms with Gasteiger partial charge in [-0.2, -0.15) is 0 Å². The summed E-state index contributed by atoms with van der Waals surface area (Å²) in [5, 5.41) is 14.9. The minimum Gasteiger partial charge on any atom is -0.348 e. The molecule has 6 nitrogen and oxygen atoms in total. The minimum atomic E-state index is -0.0173. The molecule has 0 bridgehead atoms. The normalized spacial score (nSPS) is 12.4. The van der Waals surface area contributed by atoms with Crippen molar-refractivity contribution in [1.82, 2.24) is 25.5 Å². The summed E-state index contributed by atoms with van der Waals surface area (Å²) in [7, 11) is 1.76. The Balaban J connectivity index is 1.98. The lowest BCUT2D eigenvalue weighted by Gasteiger charge is -2.23. The SMILES string of the molecule is CCc1ccc([C@H](NC(=O)CSc2nnnn2C)C(C)C)cc1. The Kier molecular flexibility index (Phi) is 6.15. The van der Waals surface area contributed by atoms with E-state index in [0.29, 0.717) is 16.8 Å². The maximum Gasteiger partial charge on any atom is 0.230 e. The van der Waals surface area contributed by atoms with Gasteiger partial charge >= 0.3 is 0 Å². The third-order valence-corrected chi connectivity index (χ3v) is 4.65. The largest absolute Gasteiger partial charge is 0.348 e. The van der Waals surface area contributed by atoms with E-state index in [2.05, 4.69) is 65.9 Å². The average Bonchev–Trinajstić information content (AvgIpc) is 2.95. The van der Waals surface area contributed by atoms with E-state index in [-0.39, 0.29) is 11.9 Å². The lowest BCUT2D eigenvalue weighted by molar-refractivity contribution is -0.119. The summed E-state index contributed by atoms with van der Waals surface area (Å²) in [6, 6.07) is 8.45. The van der Waals surface area contributed by atoms with Gasteiger partial charge in [0.15, 0.2) is 0 Å². The summed E-state index contributed by atoms with van der Waals surface area (Å²) in [6.45, 7) is 6.35. The number of thioether (sulfide) groups is 1. The Bertz CT molecular complexity index is 638. The summed E-state index contributed by atoms with van der Waals surface area (Å²) in [5.41, 5.74) is 2.43. The van der Waals surface area contributed by atoms with E-state index in [4.69, 9.17) is 0 Å². The molecule has 0 aliphatic rings. The first-order chi connectivity index (χ1) is 11.0. The van der Waals surface area contributed by atoms with Gasteiger partial charge in [-0.1, -0.05) is 56.8 Å². The highest BCUT2D eigenvalue weighted by molar-refractivity contribution is 7.99. The van der Waals surface area contributed by atoms with Gasteiger partial charge in [-0.15, -0.1) is 5.10 Å². The molecule has 0 saturated heterocycles. The maximum absolute atomic E-state index is 12.3. The van der Waals surface area contributed by atoms with Crippen molar-refractivity contribution in [2.75, 3.05) is 5.75 Å². The van der Waals surface area contributed by atoms with Crippen molar-refractivity contribution in [2.45, 2.75) is 38.4 Å². The van der Waals surface area contributed by atoms with Crippen molar-refractivity contribution in [3.8, 4) is 0 Å². The molecule has 1 aromatic carbocycles. The number of aryl methyl sites for hydroxylation is 2. The summed E-state index contributed by atoms with van der Waals surface area (Å²) >= 11 is 1.33. The molecule has 0 aliphatic heterocycles. The van der Waals surface area contributed by atoms with Crippen molar-refractivity contribution in [2.24, 2.45) is 13.0 Å². The predicted octanol–water partition coefficient (Wildman–Crippen LogP) is 2.38. The van der Waals surface area contributed by atoms with Gasteiger partial charge in [0.25, 0.3) is 0 Å². The van der Waals surface area contributed by atoms with Gasteiger partial charge in [0, 0.05) is 7.05 Å². The first kappa shape index (κ1) is 17.5. The minimum absolute atomic E-state index is 0.00614. The summed E-state index contributed by atoms with van der Waals surface area (Å²) in [5.74, 6) is 0.592. The molecule has 0 spiro atoms.